The Labute approximate surface area is 123 Å². The zero-order valence-corrected chi connectivity index (χ0v) is 12.1. The van der Waals surface area contributed by atoms with Crippen molar-refractivity contribution in [1.82, 2.24) is 10.3 Å². The molecular formula is C15H18N4O2. The fourth-order valence-electron chi connectivity index (χ4n) is 3.24. The minimum Gasteiger partial charge on any atom is -0.495 e. The summed E-state index contributed by atoms with van der Waals surface area (Å²) in [7, 11) is 1.51. The van der Waals surface area contributed by atoms with E-state index in [2.05, 4.69) is 10.3 Å². The van der Waals surface area contributed by atoms with Crippen LogP contribution in [0.25, 0.3) is 0 Å². The van der Waals surface area contributed by atoms with Crippen molar-refractivity contribution in [3.05, 3.63) is 17.8 Å². The standard InChI is InChI=1S/C15H18N4O2/c1-21-12-8-13(18-10-11(12)9-16)19-7-4-15(14(19)20)2-5-17-6-3-15/h8,10,17H,2-7H2,1H3. The summed E-state index contributed by atoms with van der Waals surface area (Å²) in [5.74, 6) is 1.19. The molecule has 110 valence electrons. The number of amides is 1. The molecular weight excluding hydrogens is 268 g/mol. The van der Waals surface area contributed by atoms with E-state index in [0.717, 1.165) is 32.4 Å². The van der Waals surface area contributed by atoms with Crippen molar-refractivity contribution in [3.63, 3.8) is 0 Å². The summed E-state index contributed by atoms with van der Waals surface area (Å²) < 4.78 is 5.20. The highest BCUT2D eigenvalue weighted by molar-refractivity contribution is 5.99. The van der Waals surface area contributed by atoms with Crippen LogP contribution in [0, 0.1) is 16.7 Å². The van der Waals surface area contributed by atoms with E-state index in [9.17, 15) is 4.79 Å². The quantitative estimate of drug-likeness (QED) is 0.879. The maximum atomic E-state index is 12.8. The fourth-order valence-corrected chi connectivity index (χ4v) is 3.24. The van der Waals surface area contributed by atoms with Gasteiger partial charge < -0.3 is 10.1 Å². The lowest BCUT2D eigenvalue weighted by atomic mass is 9.78. The molecule has 6 nitrogen and oxygen atoms in total. The molecule has 1 N–H and O–H groups in total. The molecule has 0 aliphatic carbocycles. The number of piperidine rings is 1. The highest BCUT2D eigenvalue weighted by atomic mass is 16.5. The highest BCUT2D eigenvalue weighted by Crippen LogP contribution is 2.41. The zero-order chi connectivity index (χ0) is 14.9. The number of hydrogen-bond donors (Lipinski definition) is 1. The normalized spacial score (nSPS) is 20.6. The molecule has 0 atom stereocenters. The minimum absolute atomic E-state index is 0.156. The lowest BCUT2D eigenvalue weighted by Crippen LogP contribution is -2.42. The van der Waals surface area contributed by atoms with Crippen LogP contribution in [0.15, 0.2) is 12.3 Å². The number of rotatable bonds is 2. The van der Waals surface area contributed by atoms with Gasteiger partial charge in [-0.1, -0.05) is 0 Å². The lowest BCUT2D eigenvalue weighted by molar-refractivity contribution is -0.126. The van der Waals surface area contributed by atoms with Crippen molar-refractivity contribution in [2.75, 3.05) is 31.6 Å². The number of nitrogens with one attached hydrogen (secondary N) is 1. The van der Waals surface area contributed by atoms with Crippen LogP contribution in [0.1, 0.15) is 24.8 Å². The molecule has 3 heterocycles. The molecule has 6 heteroatoms. The average Bonchev–Trinajstić information content (AvgIpc) is 2.84. The van der Waals surface area contributed by atoms with Crippen molar-refractivity contribution in [3.8, 4) is 11.8 Å². The Kier molecular flexibility index (Phi) is 3.52. The van der Waals surface area contributed by atoms with Gasteiger partial charge in [0.1, 0.15) is 23.2 Å². The van der Waals surface area contributed by atoms with Crippen molar-refractivity contribution in [2.24, 2.45) is 5.41 Å². The van der Waals surface area contributed by atoms with Gasteiger partial charge in [-0.05, 0) is 32.4 Å². The van der Waals surface area contributed by atoms with E-state index in [4.69, 9.17) is 10.00 Å². The number of carbonyl (C=O) groups is 1. The molecule has 0 saturated carbocycles. The Balaban J connectivity index is 1.88. The van der Waals surface area contributed by atoms with Gasteiger partial charge in [0.25, 0.3) is 0 Å². The predicted octanol–water partition coefficient (Wildman–Crippen LogP) is 1.07. The summed E-state index contributed by atoms with van der Waals surface area (Å²) >= 11 is 0. The SMILES string of the molecule is COc1cc(N2CCC3(CCNCC3)C2=O)ncc1C#N. The van der Waals surface area contributed by atoms with Crippen molar-refractivity contribution in [1.29, 1.82) is 5.26 Å². The van der Waals surface area contributed by atoms with Gasteiger partial charge in [0.05, 0.1) is 18.7 Å². The van der Waals surface area contributed by atoms with Gasteiger partial charge >= 0.3 is 0 Å². The lowest BCUT2D eigenvalue weighted by Gasteiger charge is -2.31. The van der Waals surface area contributed by atoms with E-state index < -0.39 is 0 Å². The molecule has 2 saturated heterocycles. The second-order valence-corrected chi connectivity index (χ2v) is 5.59. The Hall–Kier alpha value is -2.13. The van der Waals surface area contributed by atoms with Crippen LogP contribution in [-0.4, -0.2) is 37.6 Å². The number of carbonyl (C=O) groups excluding carboxylic acids is 1. The molecule has 0 unspecified atom stereocenters. The van der Waals surface area contributed by atoms with E-state index in [1.807, 2.05) is 6.07 Å². The van der Waals surface area contributed by atoms with Crippen LogP contribution in [-0.2, 0) is 4.79 Å². The minimum atomic E-state index is -0.228. The second kappa shape index (κ2) is 5.34. The first-order valence-electron chi connectivity index (χ1n) is 7.17. The number of hydrogen-bond acceptors (Lipinski definition) is 5. The molecule has 3 rings (SSSR count). The van der Waals surface area contributed by atoms with Crippen LogP contribution in [0.3, 0.4) is 0 Å². The van der Waals surface area contributed by atoms with Crippen molar-refractivity contribution in [2.45, 2.75) is 19.3 Å². The van der Waals surface area contributed by atoms with E-state index >= 15 is 0 Å². The van der Waals surface area contributed by atoms with Gasteiger partial charge in [-0.15, -0.1) is 0 Å². The van der Waals surface area contributed by atoms with Gasteiger partial charge in [0, 0.05) is 12.6 Å². The number of pyridine rings is 1. The first kappa shape index (κ1) is 13.8. The van der Waals surface area contributed by atoms with Crippen LogP contribution >= 0.6 is 0 Å². The maximum Gasteiger partial charge on any atom is 0.234 e. The molecule has 1 spiro atoms. The summed E-state index contributed by atoms with van der Waals surface area (Å²) in [5, 5.41) is 12.3. The molecule has 2 fully saturated rings. The number of nitrogens with zero attached hydrogens (tertiary/aromatic N) is 3. The van der Waals surface area contributed by atoms with E-state index in [1.165, 1.54) is 13.3 Å². The predicted molar refractivity (Wildman–Crippen MR) is 77.0 cm³/mol. The third-order valence-electron chi connectivity index (χ3n) is 4.54. The molecule has 2 aliphatic rings. The third kappa shape index (κ3) is 2.24. The van der Waals surface area contributed by atoms with Gasteiger partial charge in [0.2, 0.25) is 5.91 Å². The highest BCUT2D eigenvalue weighted by Gasteiger charge is 2.47. The van der Waals surface area contributed by atoms with Gasteiger partial charge in [-0.25, -0.2) is 4.98 Å². The second-order valence-electron chi connectivity index (χ2n) is 5.59. The number of methoxy groups -OCH3 is 1. The summed E-state index contributed by atoms with van der Waals surface area (Å²) in [6.07, 6.45) is 4.11. The Morgan fingerprint density at radius 1 is 1.43 bits per heavy atom. The van der Waals surface area contributed by atoms with E-state index in [-0.39, 0.29) is 11.3 Å². The molecule has 1 aromatic rings. The summed E-state index contributed by atoms with van der Waals surface area (Å²) in [4.78, 5) is 18.8. The summed E-state index contributed by atoms with van der Waals surface area (Å²) in [6.45, 7) is 2.47. The van der Waals surface area contributed by atoms with Crippen LogP contribution in [0.5, 0.6) is 5.75 Å². The van der Waals surface area contributed by atoms with Crippen molar-refractivity contribution < 1.29 is 9.53 Å². The Morgan fingerprint density at radius 2 is 2.19 bits per heavy atom. The van der Waals surface area contributed by atoms with E-state index in [1.54, 1.807) is 11.0 Å². The number of ether oxygens (including phenoxy) is 1. The van der Waals surface area contributed by atoms with Gasteiger partial charge in [-0.2, -0.15) is 5.26 Å². The van der Waals surface area contributed by atoms with Gasteiger partial charge in [0.15, 0.2) is 0 Å². The Bertz CT molecular complexity index is 602. The zero-order valence-electron chi connectivity index (χ0n) is 12.1. The van der Waals surface area contributed by atoms with Gasteiger partial charge in [-0.3, -0.25) is 9.69 Å². The molecule has 0 bridgehead atoms. The summed E-state index contributed by atoms with van der Waals surface area (Å²) in [5.41, 5.74) is 0.151. The monoisotopic (exact) mass is 286 g/mol. The number of anilines is 1. The fraction of sp³-hybridized carbons (Fsp3) is 0.533. The van der Waals surface area contributed by atoms with Crippen LogP contribution < -0.4 is 15.0 Å². The van der Waals surface area contributed by atoms with E-state index in [0.29, 0.717) is 23.7 Å². The van der Waals surface area contributed by atoms with Crippen LogP contribution in [0.4, 0.5) is 5.82 Å². The summed E-state index contributed by atoms with van der Waals surface area (Å²) in [6, 6.07) is 3.71. The first-order valence-corrected chi connectivity index (χ1v) is 7.17. The molecule has 0 radical (unpaired) electrons. The molecule has 21 heavy (non-hydrogen) atoms. The molecule has 1 aromatic heterocycles. The number of nitriles is 1. The topological polar surface area (TPSA) is 78.2 Å². The largest absolute Gasteiger partial charge is 0.495 e. The van der Waals surface area contributed by atoms with Crippen LogP contribution in [0.2, 0.25) is 0 Å². The van der Waals surface area contributed by atoms with Crippen molar-refractivity contribution >= 4 is 11.7 Å². The molecule has 0 aromatic carbocycles. The maximum absolute atomic E-state index is 12.8. The smallest absolute Gasteiger partial charge is 0.234 e. The number of aromatic nitrogens is 1. The molecule has 2 aliphatic heterocycles. The average molecular weight is 286 g/mol. The Morgan fingerprint density at radius 3 is 2.86 bits per heavy atom. The third-order valence-corrected chi connectivity index (χ3v) is 4.54. The first-order chi connectivity index (χ1) is 10.2. The molecule has 1 amide bonds.